The van der Waals surface area contributed by atoms with Crippen LogP contribution in [0.3, 0.4) is 0 Å². The number of rotatable bonds is 8. The summed E-state index contributed by atoms with van der Waals surface area (Å²) in [5.74, 6) is -0.608. The minimum Gasteiger partial charge on any atom is -0.370 e. The monoisotopic (exact) mass is 777 g/mol. The van der Waals surface area contributed by atoms with Crippen molar-refractivity contribution < 1.29 is 27.6 Å². The van der Waals surface area contributed by atoms with Crippen molar-refractivity contribution in [3.8, 4) is 21.6 Å². The first-order chi connectivity index (χ1) is 26.6. The maximum atomic E-state index is 13.3. The number of fused-ring (bicyclic) bond motifs is 5. The molecule has 0 bridgehead atoms. The highest BCUT2D eigenvalue weighted by Crippen LogP contribution is 2.42. The SMILES string of the molecule is CCN(C)C(=O)N(OC1CCCCO1)c1cccc(-c2ccc(C3=Cc4ccc5c(c4CC3)CCc3ccccc3-5)s2)c1.NC(=O)CC1C=CC=CS1(=O)=O. The molecule has 4 aromatic rings. The van der Waals surface area contributed by atoms with Crippen molar-refractivity contribution in [2.24, 2.45) is 5.73 Å². The van der Waals surface area contributed by atoms with E-state index in [9.17, 15) is 18.0 Å². The molecule has 0 radical (unpaired) electrons. The van der Waals surface area contributed by atoms with Crippen molar-refractivity contribution in [3.63, 3.8) is 0 Å². The number of benzene rings is 3. The van der Waals surface area contributed by atoms with Gasteiger partial charge in [-0.3, -0.25) is 4.79 Å². The summed E-state index contributed by atoms with van der Waals surface area (Å²) >= 11 is 1.81. The zero-order valence-electron chi connectivity index (χ0n) is 31.3. The van der Waals surface area contributed by atoms with E-state index in [0.29, 0.717) is 18.8 Å². The molecule has 2 N–H and O–H groups in total. The minimum absolute atomic E-state index is 0.150. The van der Waals surface area contributed by atoms with E-state index in [1.165, 1.54) is 60.4 Å². The van der Waals surface area contributed by atoms with E-state index in [0.717, 1.165) is 55.9 Å². The molecule has 8 rings (SSSR count). The fourth-order valence-corrected chi connectivity index (χ4v) is 9.72. The zero-order chi connectivity index (χ0) is 38.5. The summed E-state index contributed by atoms with van der Waals surface area (Å²) in [7, 11) is -1.49. The zero-order valence-corrected chi connectivity index (χ0v) is 32.9. The predicted molar refractivity (Wildman–Crippen MR) is 221 cm³/mol. The highest BCUT2D eigenvalue weighted by Gasteiger charge is 2.28. The molecule has 3 aromatic carbocycles. The van der Waals surface area contributed by atoms with Crippen molar-refractivity contribution in [1.82, 2.24) is 4.90 Å². The number of carbonyl (C=O) groups is 2. The van der Waals surface area contributed by atoms with Gasteiger partial charge in [0.25, 0.3) is 0 Å². The van der Waals surface area contributed by atoms with Crippen molar-refractivity contribution in [1.29, 1.82) is 0 Å². The average Bonchev–Trinajstić information content (AvgIpc) is 3.71. The summed E-state index contributed by atoms with van der Waals surface area (Å²) < 4.78 is 28.2. The predicted octanol–water partition coefficient (Wildman–Crippen LogP) is 8.73. The van der Waals surface area contributed by atoms with Crippen LogP contribution in [0.4, 0.5) is 10.5 Å². The summed E-state index contributed by atoms with van der Waals surface area (Å²) in [5, 5.41) is 1.72. The van der Waals surface area contributed by atoms with Crippen LogP contribution in [-0.2, 0) is 43.5 Å². The van der Waals surface area contributed by atoms with E-state index in [4.69, 9.17) is 15.3 Å². The first-order valence-corrected chi connectivity index (χ1v) is 21.4. The number of hydroxylamine groups is 1. The Morgan fingerprint density at radius 3 is 2.51 bits per heavy atom. The Balaban J connectivity index is 0.000000333. The van der Waals surface area contributed by atoms with E-state index in [1.807, 2.05) is 30.4 Å². The average molecular weight is 778 g/mol. The van der Waals surface area contributed by atoms with Crippen LogP contribution in [0, 0.1) is 0 Å². The Morgan fingerprint density at radius 1 is 0.909 bits per heavy atom. The number of carbonyl (C=O) groups excluding carboxylic acids is 2. The minimum atomic E-state index is -3.29. The highest BCUT2D eigenvalue weighted by molar-refractivity contribution is 7.95. The van der Waals surface area contributed by atoms with E-state index >= 15 is 0 Å². The molecule has 1 saturated heterocycles. The van der Waals surface area contributed by atoms with Gasteiger partial charge in [-0.15, -0.1) is 11.3 Å². The number of anilines is 1. The molecule has 4 aliphatic rings. The second-order valence-electron chi connectivity index (χ2n) is 14.2. The van der Waals surface area contributed by atoms with Gasteiger partial charge in [-0.05, 0) is 114 Å². The van der Waals surface area contributed by atoms with Gasteiger partial charge in [0, 0.05) is 48.2 Å². The van der Waals surface area contributed by atoms with Crippen molar-refractivity contribution in [2.75, 3.05) is 25.3 Å². The molecular formula is C44H47N3O6S2. The normalized spacial score (nSPS) is 19.1. The number of nitrogens with zero attached hydrogens (tertiary/aromatic N) is 2. The van der Waals surface area contributed by atoms with E-state index < -0.39 is 27.3 Å². The van der Waals surface area contributed by atoms with Crippen molar-refractivity contribution in [2.45, 2.75) is 69.8 Å². The van der Waals surface area contributed by atoms with Crippen LogP contribution in [0.2, 0.25) is 0 Å². The third-order valence-electron chi connectivity index (χ3n) is 10.5. The molecular weight excluding hydrogens is 731 g/mol. The van der Waals surface area contributed by atoms with Gasteiger partial charge in [-0.2, -0.15) is 5.06 Å². The molecule has 11 heteroatoms. The van der Waals surface area contributed by atoms with Crippen LogP contribution >= 0.6 is 11.3 Å². The second-order valence-corrected chi connectivity index (χ2v) is 17.3. The summed E-state index contributed by atoms with van der Waals surface area (Å²) in [5.41, 5.74) is 16.8. The number of hydrogen-bond acceptors (Lipinski definition) is 7. The van der Waals surface area contributed by atoms with Gasteiger partial charge >= 0.3 is 6.03 Å². The number of primary amides is 1. The molecule has 2 atom stereocenters. The van der Waals surface area contributed by atoms with E-state index in [2.05, 4.69) is 66.7 Å². The maximum Gasteiger partial charge on any atom is 0.348 e. The topological polar surface area (TPSA) is 119 Å². The number of allylic oxidation sites excluding steroid dienone is 3. The van der Waals surface area contributed by atoms with Gasteiger partial charge < -0.3 is 15.4 Å². The largest absolute Gasteiger partial charge is 0.370 e. The lowest BCUT2D eigenvalue weighted by atomic mass is 9.78. The Hall–Kier alpha value is -4.81. The first kappa shape index (κ1) is 38.5. The lowest BCUT2D eigenvalue weighted by Gasteiger charge is -2.31. The fourth-order valence-electron chi connectivity index (χ4n) is 7.46. The molecule has 55 heavy (non-hydrogen) atoms. The molecule has 286 valence electrons. The van der Waals surface area contributed by atoms with Gasteiger partial charge in [0.1, 0.15) is 0 Å². The molecule has 0 saturated carbocycles. The quantitative estimate of drug-likeness (QED) is 0.179. The van der Waals surface area contributed by atoms with Crippen LogP contribution in [0.25, 0.3) is 33.2 Å². The molecule has 1 aromatic heterocycles. The van der Waals surface area contributed by atoms with Crippen molar-refractivity contribution >= 4 is 50.4 Å². The van der Waals surface area contributed by atoms with E-state index in [1.54, 1.807) is 23.6 Å². The number of urea groups is 1. The molecule has 3 heterocycles. The van der Waals surface area contributed by atoms with E-state index in [-0.39, 0.29) is 12.5 Å². The van der Waals surface area contributed by atoms with Crippen molar-refractivity contribution in [3.05, 3.63) is 124 Å². The second kappa shape index (κ2) is 16.9. The van der Waals surface area contributed by atoms with Crippen LogP contribution < -0.4 is 10.8 Å². The lowest BCUT2D eigenvalue weighted by molar-refractivity contribution is -0.164. The number of ether oxygens (including phenoxy) is 1. The smallest absolute Gasteiger partial charge is 0.348 e. The Morgan fingerprint density at radius 2 is 1.73 bits per heavy atom. The van der Waals surface area contributed by atoms with Crippen LogP contribution in [0.5, 0.6) is 0 Å². The molecule has 9 nitrogen and oxygen atoms in total. The number of hydrogen-bond donors (Lipinski definition) is 1. The van der Waals surface area contributed by atoms with Crippen LogP contribution in [0.15, 0.2) is 96.4 Å². The number of amides is 3. The number of nitrogens with two attached hydrogens (primary N) is 1. The van der Waals surface area contributed by atoms with Crippen LogP contribution in [0.1, 0.15) is 66.2 Å². The molecule has 3 amide bonds. The van der Waals surface area contributed by atoms with Gasteiger partial charge in [-0.1, -0.05) is 72.8 Å². The molecule has 2 aliphatic carbocycles. The molecule has 2 unspecified atom stereocenters. The summed E-state index contributed by atoms with van der Waals surface area (Å²) in [4.78, 5) is 34.1. The number of aryl methyl sites for hydroxylation is 1. The first-order valence-electron chi connectivity index (χ1n) is 19.0. The third kappa shape index (κ3) is 8.70. The number of sulfone groups is 1. The van der Waals surface area contributed by atoms with Crippen LogP contribution in [-0.4, -0.2) is 57.0 Å². The molecule has 0 spiro atoms. The Bertz CT molecular complexity index is 2270. The Labute approximate surface area is 327 Å². The lowest BCUT2D eigenvalue weighted by Crippen LogP contribution is -2.44. The van der Waals surface area contributed by atoms with Gasteiger partial charge in [0.15, 0.2) is 16.1 Å². The summed E-state index contributed by atoms with van der Waals surface area (Å²) in [6, 6.07) is 25.9. The van der Waals surface area contributed by atoms with Gasteiger partial charge in [0.2, 0.25) is 5.91 Å². The molecule has 2 aliphatic heterocycles. The summed E-state index contributed by atoms with van der Waals surface area (Å²) in [6.45, 7) is 3.21. The maximum absolute atomic E-state index is 13.3. The third-order valence-corrected chi connectivity index (χ3v) is 13.5. The standard InChI is InChI=1S/C37H38N2O3S.C7H9NO3S/c1-3-38(2)37(40)39(42-36-13-6-7-22-41-36)29-11-8-10-27(24-29)34-20-21-35(43-34)28-16-17-31-26(23-28)15-19-32-30-12-5-4-9-25(30)14-18-33(31)32;8-7(9)5-6-3-1-2-4-12(6,10)11/h4-5,8-12,15,19-21,23-24,36H,3,6-7,13-14,16-18,22H2,1-2H3;1-4,6H,5H2,(H2,8,9). The number of thiophene rings is 1. The highest BCUT2D eigenvalue weighted by atomic mass is 32.2. The van der Waals surface area contributed by atoms with Gasteiger partial charge in [0.05, 0.1) is 10.9 Å². The molecule has 1 fully saturated rings. The summed E-state index contributed by atoms with van der Waals surface area (Å²) in [6.07, 6.45) is 13.5. The fraction of sp³-hybridized carbons (Fsp3) is 0.318. The Kier molecular flexibility index (Phi) is 11.8. The van der Waals surface area contributed by atoms with Gasteiger partial charge in [-0.25, -0.2) is 18.0 Å².